The van der Waals surface area contributed by atoms with Crippen molar-refractivity contribution in [2.45, 2.75) is 38.1 Å². The standard InChI is InChI=1S/C20H21N3/c1-4-10-16(11-5-1)19-20(17-12-6-2-7-13-17)23(22-21-19)18-14-8-3-9-15-18/h1-2,4-7,10-13,18H,3,8-9,14-15H2. The molecule has 3 aromatic rings. The second kappa shape index (κ2) is 6.37. The fourth-order valence-corrected chi connectivity index (χ4v) is 3.53. The summed E-state index contributed by atoms with van der Waals surface area (Å²) in [6, 6.07) is 21.4. The van der Waals surface area contributed by atoms with E-state index in [4.69, 9.17) is 0 Å². The minimum Gasteiger partial charge on any atom is -0.241 e. The molecule has 0 saturated heterocycles. The summed E-state index contributed by atoms with van der Waals surface area (Å²) >= 11 is 0. The smallest absolute Gasteiger partial charge is 0.121 e. The van der Waals surface area contributed by atoms with Gasteiger partial charge in [-0.3, -0.25) is 0 Å². The summed E-state index contributed by atoms with van der Waals surface area (Å²) in [7, 11) is 0. The summed E-state index contributed by atoms with van der Waals surface area (Å²) in [5.74, 6) is 0. The molecule has 2 aromatic carbocycles. The van der Waals surface area contributed by atoms with Crippen molar-refractivity contribution in [1.29, 1.82) is 0 Å². The Morgan fingerprint density at radius 2 is 1.35 bits per heavy atom. The van der Waals surface area contributed by atoms with Crippen LogP contribution in [0.3, 0.4) is 0 Å². The number of benzene rings is 2. The van der Waals surface area contributed by atoms with Crippen LogP contribution in [0.4, 0.5) is 0 Å². The van der Waals surface area contributed by atoms with E-state index in [9.17, 15) is 0 Å². The van der Waals surface area contributed by atoms with E-state index in [1.807, 2.05) is 6.07 Å². The van der Waals surface area contributed by atoms with Gasteiger partial charge in [0, 0.05) is 11.1 Å². The SMILES string of the molecule is c1ccc(-c2nnn(C3CCCCC3)c2-c2ccccc2)cc1. The van der Waals surface area contributed by atoms with Gasteiger partial charge in [-0.1, -0.05) is 85.1 Å². The maximum atomic E-state index is 4.56. The molecule has 0 unspecified atom stereocenters. The normalized spacial score (nSPS) is 15.7. The summed E-state index contributed by atoms with van der Waals surface area (Å²) in [6.45, 7) is 0. The van der Waals surface area contributed by atoms with E-state index in [1.54, 1.807) is 0 Å². The molecule has 0 spiro atoms. The Labute approximate surface area is 137 Å². The quantitative estimate of drug-likeness (QED) is 0.672. The van der Waals surface area contributed by atoms with E-state index in [0.717, 1.165) is 17.0 Å². The van der Waals surface area contributed by atoms with Crippen molar-refractivity contribution in [2.75, 3.05) is 0 Å². The van der Waals surface area contributed by atoms with Gasteiger partial charge >= 0.3 is 0 Å². The molecular weight excluding hydrogens is 282 g/mol. The van der Waals surface area contributed by atoms with Gasteiger partial charge in [-0.05, 0) is 12.8 Å². The lowest BCUT2D eigenvalue weighted by atomic mass is 9.94. The van der Waals surface area contributed by atoms with E-state index < -0.39 is 0 Å². The molecule has 1 saturated carbocycles. The first-order chi connectivity index (χ1) is 11.4. The fourth-order valence-electron chi connectivity index (χ4n) is 3.53. The molecule has 0 radical (unpaired) electrons. The van der Waals surface area contributed by atoms with Crippen LogP contribution >= 0.6 is 0 Å². The molecule has 4 rings (SSSR count). The lowest BCUT2D eigenvalue weighted by Crippen LogP contribution is -2.15. The molecule has 0 N–H and O–H groups in total. The van der Waals surface area contributed by atoms with Crippen molar-refractivity contribution in [1.82, 2.24) is 15.0 Å². The van der Waals surface area contributed by atoms with Gasteiger partial charge in [0.15, 0.2) is 0 Å². The highest BCUT2D eigenvalue weighted by Gasteiger charge is 2.23. The zero-order valence-electron chi connectivity index (χ0n) is 13.2. The number of hydrogen-bond donors (Lipinski definition) is 0. The van der Waals surface area contributed by atoms with Crippen LogP contribution in [0.1, 0.15) is 38.1 Å². The highest BCUT2D eigenvalue weighted by atomic mass is 15.4. The van der Waals surface area contributed by atoms with Crippen molar-refractivity contribution in [3.05, 3.63) is 60.7 Å². The summed E-state index contributed by atoms with van der Waals surface area (Å²) in [5.41, 5.74) is 4.47. The van der Waals surface area contributed by atoms with Gasteiger partial charge in [-0.25, -0.2) is 4.68 Å². The number of hydrogen-bond acceptors (Lipinski definition) is 2. The Kier molecular flexibility index (Phi) is 3.93. The Balaban J connectivity index is 1.85. The molecule has 0 atom stereocenters. The van der Waals surface area contributed by atoms with Gasteiger partial charge in [0.2, 0.25) is 0 Å². The molecule has 1 aliphatic rings. The molecule has 1 aliphatic carbocycles. The second-order valence-corrected chi connectivity index (χ2v) is 6.26. The van der Waals surface area contributed by atoms with Crippen molar-refractivity contribution >= 4 is 0 Å². The van der Waals surface area contributed by atoms with Gasteiger partial charge in [0.25, 0.3) is 0 Å². The van der Waals surface area contributed by atoms with E-state index in [1.165, 1.54) is 37.7 Å². The highest BCUT2D eigenvalue weighted by molar-refractivity contribution is 5.77. The van der Waals surface area contributed by atoms with E-state index in [2.05, 4.69) is 69.6 Å². The molecule has 1 fully saturated rings. The van der Waals surface area contributed by atoms with Crippen molar-refractivity contribution in [3.8, 4) is 22.5 Å². The summed E-state index contributed by atoms with van der Waals surface area (Å²) in [4.78, 5) is 0. The lowest BCUT2D eigenvalue weighted by Gasteiger charge is -2.23. The van der Waals surface area contributed by atoms with Crippen LogP contribution in [0.5, 0.6) is 0 Å². The molecule has 1 heterocycles. The van der Waals surface area contributed by atoms with E-state index >= 15 is 0 Å². The molecular formula is C20H21N3. The summed E-state index contributed by atoms with van der Waals surface area (Å²) in [6.07, 6.45) is 6.34. The average molecular weight is 303 g/mol. The molecule has 3 nitrogen and oxygen atoms in total. The van der Waals surface area contributed by atoms with Crippen LogP contribution in [0.15, 0.2) is 60.7 Å². The third kappa shape index (κ3) is 2.79. The Hall–Kier alpha value is -2.42. The van der Waals surface area contributed by atoms with Crippen LogP contribution in [0.2, 0.25) is 0 Å². The summed E-state index contributed by atoms with van der Waals surface area (Å²) < 4.78 is 2.18. The van der Waals surface area contributed by atoms with Crippen LogP contribution in [-0.2, 0) is 0 Å². The van der Waals surface area contributed by atoms with Gasteiger partial charge < -0.3 is 0 Å². The monoisotopic (exact) mass is 303 g/mol. The van der Waals surface area contributed by atoms with Crippen LogP contribution in [0, 0.1) is 0 Å². The molecule has 0 amide bonds. The Bertz CT molecular complexity index is 756. The first-order valence-electron chi connectivity index (χ1n) is 8.49. The number of aromatic nitrogens is 3. The topological polar surface area (TPSA) is 30.7 Å². The molecule has 1 aromatic heterocycles. The molecule has 0 bridgehead atoms. The predicted molar refractivity (Wildman–Crippen MR) is 93.0 cm³/mol. The average Bonchev–Trinajstić information content (AvgIpc) is 3.09. The minimum absolute atomic E-state index is 0.476. The first-order valence-corrected chi connectivity index (χ1v) is 8.49. The summed E-state index contributed by atoms with van der Waals surface area (Å²) in [5, 5.41) is 9.11. The maximum Gasteiger partial charge on any atom is 0.121 e. The highest BCUT2D eigenvalue weighted by Crippen LogP contribution is 2.36. The molecule has 3 heteroatoms. The lowest BCUT2D eigenvalue weighted by molar-refractivity contribution is 0.327. The van der Waals surface area contributed by atoms with Gasteiger partial charge in [-0.2, -0.15) is 0 Å². The third-order valence-corrected chi connectivity index (χ3v) is 4.71. The second-order valence-electron chi connectivity index (χ2n) is 6.26. The van der Waals surface area contributed by atoms with Crippen LogP contribution in [0.25, 0.3) is 22.5 Å². The third-order valence-electron chi connectivity index (χ3n) is 4.71. The minimum atomic E-state index is 0.476. The zero-order valence-corrected chi connectivity index (χ0v) is 13.2. The van der Waals surface area contributed by atoms with Crippen molar-refractivity contribution in [2.24, 2.45) is 0 Å². The Morgan fingerprint density at radius 1 is 0.739 bits per heavy atom. The van der Waals surface area contributed by atoms with Crippen LogP contribution in [-0.4, -0.2) is 15.0 Å². The van der Waals surface area contributed by atoms with Gasteiger partial charge in [0.05, 0.1) is 11.7 Å². The van der Waals surface area contributed by atoms with E-state index in [0.29, 0.717) is 6.04 Å². The number of rotatable bonds is 3. The fraction of sp³-hybridized carbons (Fsp3) is 0.300. The van der Waals surface area contributed by atoms with Crippen LogP contribution < -0.4 is 0 Å². The molecule has 116 valence electrons. The predicted octanol–water partition coefficient (Wildman–Crippen LogP) is 5.12. The van der Waals surface area contributed by atoms with E-state index in [-0.39, 0.29) is 0 Å². The van der Waals surface area contributed by atoms with Crippen molar-refractivity contribution in [3.63, 3.8) is 0 Å². The largest absolute Gasteiger partial charge is 0.241 e. The zero-order chi connectivity index (χ0) is 15.5. The van der Waals surface area contributed by atoms with Gasteiger partial charge in [-0.15, -0.1) is 5.10 Å². The molecule has 23 heavy (non-hydrogen) atoms. The first kappa shape index (κ1) is 14.2. The Morgan fingerprint density at radius 3 is 2.00 bits per heavy atom. The maximum absolute atomic E-state index is 4.56. The van der Waals surface area contributed by atoms with Crippen molar-refractivity contribution < 1.29 is 0 Å². The molecule has 0 aliphatic heterocycles. The number of nitrogens with zero attached hydrogens (tertiary/aromatic N) is 3. The van der Waals surface area contributed by atoms with Gasteiger partial charge in [0.1, 0.15) is 5.69 Å².